The van der Waals surface area contributed by atoms with Crippen LogP contribution in [0.25, 0.3) is 0 Å². The molecule has 4 nitrogen and oxygen atoms in total. The highest BCUT2D eigenvalue weighted by molar-refractivity contribution is 5.47. The molecule has 0 fully saturated rings. The van der Waals surface area contributed by atoms with Gasteiger partial charge in [-0.3, -0.25) is 10.1 Å². The number of nitro groups is 1. The molecule has 1 heterocycles. The largest absolute Gasteiger partial charge is 0.487 e. The first-order valence-corrected chi connectivity index (χ1v) is 5.56. The fourth-order valence-electron chi connectivity index (χ4n) is 2.18. The Morgan fingerprint density at radius 3 is 2.69 bits per heavy atom. The van der Waals surface area contributed by atoms with Crippen LogP contribution in [0.15, 0.2) is 18.2 Å². The summed E-state index contributed by atoms with van der Waals surface area (Å²) < 4.78 is 5.91. The second kappa shape index (κ2) is 3.77. The maximum absolute atomic E-state index is 10.7. The third-order valence-electron chi connectivity index (χ3n) is 3.38. The second-order valence-electron chi connectivity index (χ2n) is 4.22. The van der Waals surface area contributed by atoms with Crippen molar-refractivity contribution in [2.75, 3.05) is 0 Å². The zero-order chi connectivity index (χ0) is 11.8. The van der Waals surface area contributed by atoms with Crippen LogP contribution in [-0.2, 0) is 6.42 Å². The van der Waals surface area contributed by atoms with Crippen molar-refractivity contribution in [1.82, 2.24) is 0 Å². The molecule has 0 bridgehead atoms. The molecule has 0 aliphatic carbocycles. The molecule has 16 heavy (non-hydrogen) atoms. The number of nitro benzene ring substituents is 1. The van der Waals surface area contributed by atoms with Gasteiger partial charge in [-0.2, -0.15) is 0 Å². The molecule has 0 saturated carbocycles. The minimum atomic E-state index is -0.363. The Hall–Kier alpha value is -1.58. The molecule has 0 unspecified atom stereocenters. The summed E-state index contributed by atoms with van der Waals surface area (Å²) in [6.45, 7) is 4.17. The summed E-state index contributed by atoms with van der Waals surface area (Å²) in [6.07, 6.45) is 2.62. The highest BCUT2D eigenvalue weighted by atomic mass is 16.6. The Kier molecular flexibility index (Phi) is 2.58. The van der Waals surface area contributed by atoms with E-state index in [2.05, 4.69) is 13.8 Å². The highest BCUT2D eigenvalue weighted by Gasteiger charge is 2.36. The average Bonchev–Trinajstić information content (AvgIpc) is 2.67. The van der Waals surface area contributed by atoms with Crippen LogP contribution < -0.4 is 4.74 Å². The Labute approximate surface area is 94.4 Å². The van der Waals surface area contributed by atoms with Crippen molar-refractivity contribution in [3.8, 4) is 5.75 Å². The maximum atomic E-state index is 10.7. The number of rotatable bonds is 3. The second-order valence-corrected chi connectivity index (χ2v) is 4.22. The highest BCUT2D eigenvalue weighted by Crippen LogP contribution is 2.40. The number of non-ortho nitro benzene ring substituents is 1. The SMILES string of the molecule is CCC1(CC)Cc2cc([N+](=O)[O-])ccc2O1. The predicted molar refractivity (Wildman–Crippen MR) is 60.7 cm³/mol. The summed E-state index contributed by atoms with van der Waals surface area (Å²) in [6, 6.07) is 4.84. The molecule has 0 amide bonds. The normalized spacial score (nSPS) is 16.6. The van der Waals surface area contributed by atoms with Crippen molar-refractivity contribution in [3.63, 3.8) is 0 Å². The van der Waals surface area contributed by atoms with Crippen molar-refractivity contribution in [2.45, 2.75) is 38.7 Å². The van der Waals surface area contributed by atoms with Crippen molar-refractivity contribution in [1.29, 1.82) is 0 Å². The van der Waals surface area contributed by atoms with Crippen molar-refractivity contribution >= 4 is 5.69 Å². The zero-order valence-electron chi connectivity index (χ0n) is 9.53. The van der Waals surface area contributed by atoms with E-state index >= 15 is 0 Å². The third-order valence-corrected chi connectivity index (χ3v) is 3.38. The standard InChI is InChI=1S/C12H15NO3/c1-3-12(4-2)8-9-7-10(13(14)15)5-6-11(9)16-12/h5-7H,3-4,8H2,1-2H3. The molecule has 0 saturated heterocycles. The van der Waals surface area contributed by atoms with Crippen LogP contribution in [-0.4, -0.2) is 10.5 Å². The molecule has 0 N–H and O–H groups in total. The quantitative estimate of drug-likeness (QED) is 0.582. The zero-order valence-corrected chi connectivity index (χ0v) is 9.53. The van der Waals surface area contributed by atoms with Gasteiger partial charge in [0.2, 0.25) is 0 Å². The van der Waals surface area contributed by atoms with Gasteiger partial charge in [-0.1, -0.05) is 13.8 Å². The van der Waals surface area contributed by atoms with Gasteiger partial charge in [0.1, 0.15) is 11.4 Å². The lowest BCUT2D eigenvalue weighted by atomic mass is 9.92. The van der Waals surface area contributed by atoms with E-state index in [4.69, 9.17) is 4.74 Å². The summed E-state index contributed by atoms with van der Waals surface area (Å²) in [5.74, 6) is 0.800. The monoisotopic (exact) mass is 221 g/mol. The lowest BCUT2D eigenvalue weighted by molar-refractivity contribution is -0.384. The summed E-state index contributed by atoms with van der Waals surface area (Å²) in [5, 5.41) is 10.7. The van der Waals surface area contributed by atoms with E-state index in [1.807, 2.05) is 0 Å². The molecule has 4 heteroatoms. The molecule has 0 radical (unpaired) electrons. The van der Waals surface area contributed by atoms with E-state index in [9.17, 15) is 10.1 Å². The Morgan fingerprint density at radius 2 is 2.12 bits per heavy atom. The van der Waals surface area contributed by atoms with E-state index in [1.54, 1.807) is 12.1 Å². The number of fused-ring (bicyclic) bond motifs is 1. The lowest BCUT2D eigenvalue weighted by Gasteiger charge is -2.25. The molecule has 0 aromatic heterocycles. The number of benzene rings is 1. The first-order valence-electron chi connectivity index (χ1n) is 5.56. The number of nitrogens with zero attached hydrogens (tertiary/aromatic N) is 1. The van der Waals surface area contributed by atoms with Crippen molar-refractivity contribution in [3.05, 3.63) is 33.9 Å². The van der Waals surface area contributed by atoms with Gasteiger partial charge < -0.3 is 4.74 Å². The molecule has 2 rings (SSSR count). The molecule has 1 aliphatic heterocycles. The first-order chi connectivity index (χ1) is 7.60. The van der Waals surface area contributed by atoms with Crippen molar-refractivity contribution < 1.29 is 9.66 Å². The minimum absolute atomic E-state index is 0.144. The Balaban J connectivity index is 2.34. The number of hydrogen-bond acceptors (Lipinski definition) is 3. The van der Waals surface area contributed by atoms with Crippen molar-refractivity contribution in [2.24, 2.45) is 0 Å². The van der Waals surface area contributed by atoms with Gasteiger partial charge in [-0.05, 0) is 18.9 Å². The summed E-state index contributed by atoms with van der Waals surface area (Å²) in [7, 11) is 0. The van der Waals surface area contributed by atoms with Crippen LogP contribution in [0, 0.1) is 10.1 Å². The molecule has 1 aromatic rings. The van der Waals surface area contributed by atoms with E-state index in [0.29, 0.717) is 0 Å². The van der Waals surface area contributed by atoms with E-state index in [-0.39, 0.29) is 16.2 Å². The molecule has 86 valence electrons. The molecular formula is C12H15NO3. The van der Waals surface area contributed by atoms with Crippen LogP contribution >= 0.6 is 0 Å². The Bertz CT molecular complexity index is 424. The van der Waals surface area contributed by atoms with Crippen LogP contribution in [0.4, 0.5) is 5.69 Å². The molecule has 1 aromatic carbocycles. The van der Waals surface area contributed by atoms with Gasteiger partial charge in [0, 0.05) is 24.1 Å². The third kappa shape index (κ3) is 1.64. The number of ether oxygens (including phenoxy) is 1. The fraction of sp³-hybridized carbons (Fsp3) is 0.500. The smallest absolute Gasteiger partial charge is 0.269 e. The average molecular weight is 221 g/mol. The van der Waals surface area contributed by atoms with Gasteiger partial charge >= 0.3 is 0 Å². The summed E-state index contributed by atoms with van der Waals surface area (Å²) in [5.41, 5.74) is 0.945. The molecule has 1 aliphatic rings. The Morgan fingerprint density at radius 1 is 1.44 bits per heavy atom. The minimum Gasteiger partial charge on any atom is -0.487 e. The van der Waals surface area contributed by atoms with Gasteiger partial charge in [0.25, 0.3) is 5.69 Å². The fourth-order valence-corrected chi connectivity index (χ4v) is 2.18. The maximum Gasteiger partial charge on any atom is 0.269 e. The number of hydrogen-bond donors (Lipinski definition) is 0. The first kappa shape index (κ1) is 10.9. The van der Waals surface area contributed by atoms with Gasteiger partial charge in [0.05, 0.1) is 4.92 Å². The van der Waals surface area contributed by atoms with Gasteiger partial charge in [-0.25, -0.2) is 0 Å². The summed E-state index contributed by atoms with van der Waals surface area (Å²) >= 11 is 0. The van der Waals surface area contributed by atoms with Gasteiger partial charge in [0.15, 0.2) is 0 Å². The summed E-state index contributed by atoms with van der Waals surface area (Å²) in [4.78, 5) is 10.3. The lowest BCUT2D eigenvalue weighted by Crippen LogP contribution is -2.32. The van der Waals surface area contributed by atoms with E-state index in [1.165, 1.54) is 6.07 Å². The van der Waals surface area contributed by atoms with E-state index in [0.717, 1.165) is 30.6 Å². The molecule has 0 atom stereocenters. The van der Waals surface area contributed by atoms with Crippen LogP contribution in [0.5, 0.6) is 5.75 Å². The molecular weight excluding hydrogens is 206 g/mol. The van der Waals surface area contributed by atoms with E-state index < -0.39 is 0 Å². The molecule has 0 spiro atoms. The van der Waals surface area contributed by atoms with Crippen LogP contribution in [0.1, 0.15) is 32.3 Å². The van der Waals surface area contributed by atoms with Gasteiger partial charge in [-0.15, -0.1) is 0 Å². The van der Waals surface area contributed by atoms with Crippen LogP contribution in [0.3, 0.4) is 0 Å². The topological polar surface area (TPSA) is 52.4 Å². The van der Waals surface area contributed by atoms with Crippen LogP contribution in [0.2, 0.25) is 0 Å². The predicted octanol–water partition coefficient (Wildman–Crippen LogP) is 3.09.